The zero-order valence-electron chi connectivity index (χ0n) is 17.4. The zero-order valence-corrected chi connectivity index (χ0v) is 17.4. The third kappa shape index (κ3) is 5.59. The lowest BCUT2D eigenvalue weighted by molar-refractivity contribution is -0.118. The molecule has 0 spiro atoms. The predicted octanol–water partition coefficient (Wildman–Crippen LogP) is 4.62. The summed E-state index contributed by atoms with van der Waals surface area (Å²) in [4.78, 5) is 26.3. The Morgan fingerprint density at radius 1 is 1.04 bits per heavy atom. The van der Waals surface area contributed by atoms with E-state index in [0.29, 0.717) is 30.3 Å². The number of anilines is 1. The van der Waals surface area contributed by atoms with Crippen LogP contribution in [0, 0.1) is 6.92 Å². The smallest absolute Gasteiger partial charge is 0.262 e. The lowest BCUT2D eigenvalue weighted by Crippen LogP contribution is -2.30. The number of hydrogen-bond acceptors (Lipinski definition) is 3. The molecular formula is C23H30N2O3. The normalized spacial score (nSPS) is 10.6. The van der Waals surface area contributed by atoms with E-state index in [1.165, 1.54) is 5.56 Å². The zero-order chi connectivity index (χ0) is 20.7. The Bertz CT molecular complexity index is 809. The van der Waals surface area contributed by atoms with Crippen molar-refractivity contribution in [1.82, 2.24) is 4.90 Å². The molecule has 0 saturated carbocycles. The fourth-order valence-corrected chi connectivity index (χ4v) is 2.86. The fraction of sp³-hybridized carbons (Fsp3) is 0.391. The van der Waals surface area contributed by atoms with Gasteiger partial charge in [0, 0.05) is 24.3 Å². The van der Waals surface area contributed by atoms with E-state index in [0.717, 1.165) is 11.3 Å². The highest BCUT2D eigenvalue weighted by Gasteiger charge is 2.13. The van der Waals surface area contributed by atoms with Crippen LogP contribution in [0.25, 0.3) is 0 Å². The minimum absolute atomic E-state index is 0.00767. The monoisotopic (exact) mass is 382 g/mol. The minimum Gasteiger partial charge on any atom is -0.483 e. The van der Waals surface area contributed by atoms with Crippen molar-refractivity contribution in [2.45, 2.75) is 40.5 Å². The van der Waals surface area contributed by atoms with E-state index in [-0.39, 0.29) is 18.4 Å². The molecule has 2 aromatic carbocycles. The van der Waals surface area contributed by atoms with Gasteiger partial charge in [-0.3, -0.25) is 9.59 Å². The van der Waals surface area contributed by atoms with Crippen molar-refractivity contribution < 1.29 is 14.3 Å². The number of nitrogens with zero attached hydrogens (tertiary/aromatic N) is 1. The molecule has 150 valence electrons. The topological polar surface area (TPSA) is 58.6 Å². The molecular weight excluding hydrogens is 352 g/mol. The summed E-state index contributed by atoms with van der Waals surface area (Å²) in [6.45, 7) is 11.4. The molecule has 0 radical (unpaired) electrons. The average molecular weight is 383 g/mol. The maximum atomic E-state index is 12.3. The van der Waals surface area contributed by atoms with Crippen LogP contribution in [-0.2, 0) is 4.79 Å². The van der Waals surface area contributed by atoms with E-state index in [1.54, 1.807) is 29.2 Å². The quantitative estimate of drug-likeness (QED) is 0.725. The molecule has 2 amide bonds. The highest BCUT2D eigenvalue weighted by molar-refractivity contribution is 5.96. The molecule has 28 heavy (non-hydrogen) atoms. The van der Waals surface area contributed by atoms with Crippen molar-refractivity contribution in [2.24, 2.45) is 0 Å². The van der Waals surface area contributed by atoms with Gasteiger partial charge >= 0.3 is 0 Å². The van der Waals surface area contributed by atoms with Gasteiger partial charge in [0.1, 0.15) is 5.75 Å². The Labute approximate surface area is 167 Å². The molecule has 0 fully saturated rings. The van der Waals surface area contributed by atoms with Gasteiger partial charge in [-0.2, -0.15) is 0 Å². The first-order valence-electron chi connectivity index (χ1n) is 9.78. The molecule has 2 aromatic rings. The van der Waals surface area contributed by atoms with Crippen molar-refractivity contribution >= 4 is 17.5 Å². The number of ether oxygens (including phenoxy) is 1. The summed E-state index contributed by atoms with van der Waals surface area (Å²) >= 11 is 0. The Hall–Kier alpha value is -2.82. The summed E-state index contributed by atoms with van der Waals surface area (Å²) in [5.41, 5.74) is 3.42. The molecule has 0 atom stereocenters. The van der Waals surface area contributed by atoms with Gasteiger partial charge in [0.25, 0.3) is 11.8 Å². The maximum absolute atomic E-state index is 12.3. The first-order chi connectivity index (χ1) is 13.3. The summed E-state index contributed by atoms with van der Waals surface area (Å²) in [7, 11) is 0. The van der Waals surface area contributed by atoms with Crippen molar-refractivity contribution in [3.63, 3.8) is 0 Å². The lowest BCUT2D eigenvalue weighted by atomic mass is 10.0. The molecule has 0 aliphatic rings. The summed E-state index contributed by atoms with van der Waals surface area (Å²) in [5, 5.41) is 2.80. The Morgan fingerprint density at radius 2 is 1.68 bits per heavy atom. The SMILES string of the molecule is CCN(CC)C(=O)c1ccc(NC(=O)COc2cc(C(C)C)ccc2C)cc1. The molecule has 1 N–H and O–H groups in total. The number of benzene rings is 2. The Morgan fingerprint density at radius 3 is 2.25 bits per heavy atom. The highest BCUT2D eigenvalue weighted by Crippen LogP contribution is 2.24. The van der Waals surface area contributed by atoms with E-state index in [1.807, 2.05) is 32.9 Å². The van der Waals surface area contributed by atoms with Crippen LogP contribution in [0.15, 0.2) is 42.5 Å². The number of carbonyl (C=O) groups is 2. The predicted molar refractivity (Wildman–Crippen MR) is 113 cm³/mol. The summed E-state index contributed by atoms with van der Waals surface area (Å²) in [6, 6.07) is 13.0. The first-order valence-corrected chi connectivity index (χ1v) is 9.78. The fourth-order valence-electron chi connectivity index (χ4n) is 2.86. The van der Waals surface area contributed by atoms with E-state index < -0.39 is 0 Å². The molecule has 0 unspecified atom stereocenters. The van der Waals surface area contributed by atoms with Gasteiger partial charge in [0.2, 0.25) is 0 Å². The first kappa shape index (κ1) is 21.5. The van der Waals surface area contributed by atoms with Gasteiger partial charge in [-0.25, -0.2) is 0 Å². The highest BCUT2D eigenvalue weighted by atomic mass is 16.5. The number of aryl methyl sites for hydroxylation is 1. The van der Waals surface area contributed by atoms with Crippen molar-refractivity contribution in [3.8, 4) is 5.75 Å². The van der Waals surface area contributed by atoms with Crippen LogP contribution in [0.1, 0.15) is 55.1 Å². The third-order valence-corrected chi connectivity index (χ3v) is 4.70. The average Bonchev–Trinajstić information content (AvgIpc) is 2.68. The number of hydrogen-bond donors (Lipinski definition) is 1. The molecule has 0 saturated heterocycles. The number of rotatable bonds is 8. The van der Waals surface area contributed by atoms with E-state index in [2.05, 4.69) is 25.2 Å². The van der Waals surface area contributed by atoms with Gasteiger partial charge in [-0.15, -0.1) is 0 Å². The largest absolute Gasteiger partial charge is 0.483 e. The Balaban J connectivity index is 1.95. The van der Waals surface area contributed by atoms with Crippen molar-refractivity contribution in [2.75, 3.05) is 25.0 Å². The summed E-state index contributed by atoms with van der Waals surface area (Å²) in [6.07, 6.45) is 0. The van der Waals surface area contributed by atoms with E-state index >= 15 is 0 Å². The van der Waals surface area contributed by atoms with Gasteiger partial charge in [0.15, 0.2) is 6.61 Å². The van der Waals surface area contributed by atoms with Crippen LogP contribution >= 0.6 is 0 Å². The molecule has 2 rings (SSSR count). The standard InChI is InChI=1S/C23H30N2O3/c1-6-25(7-2)23(27)18-10-12-20(13-11-18)24-22(26)15-28-21-14-19(16(3)4)9-8-17(21)5/h8-14,16H,6-7,15H2,1-5H3,(H,24,26). The summed E-state index contributed by atoms with van der Waals surface area (Å²) < 4.78 is 5.71. The van der Waals surface area contributed by atoms with Crippen molar-refractivity contribution in [1.29, 1.82) is 0 Å². The van der Waals surface area contributed by atoms with Gasteiger partial charge in [0.05, 0.1) is 0 Å². The minimum atomic E-state index is -0.239. The van der Waals surface area contributed by atoms with Crippen LogP contribution < -0.4 is 10.1 Å². The van der Waals surface area contributed by atoms with Crippen LogP contribution in [0.5, 0.6) is 5.75 Å². The van der Waals surface area contributed by atoms with Crippen LogP contribution in [0.2, 0.25) is 0 Å². The molecule has 0 aliphatic heterocycles. The van der Waals surface area contributed by atoms with Crippen LogP contribution in [0.4, 0.5) is 5.69 Å². The maximum Gasteiger partial charge on any atom is 0.262 e. The molecule has 5 nitrogen and oxygen atoms in total. The van der Waals surface area contributed by atoms with Crippen LogP contribution in [0.3, 0.4) is 0 Å². The second-order valence-electron chi connectivity index (χ2n) is 7.07. The lowest BCUT2D eigenvalue weighted by Gasteiger charge is -2.18. The third-order valence-electron chi connectivity index (χ3n) is 4.70. The molecule has 0 aromatic heterocycles. The van der Waals surface area contributed by atoms with Crippen molar-refractivity contribution in [3.05, 3.63) is 59.2 Å². The molecule has 0 bridgehead atoms. The van der Waals surface area contributed by atoms with Crippen LogP contribution in [-0.4, -0.2) is 36.4 Å². The number of nitrogens with one attached hydrogen (secondary N) is 1. The van der Waals surface area contributed by atoms with Gasteiger partial charge in [-0.05, 0) is 68.1 Å². The second kappa shape index (κ2) is 9.93. The number of carbonyl (C=O) groups excluding carboxylic acids is 2. The second-order valence-corrected chi connectivity index (χ2v) is 7.07. The molecule has 0 aliphatic carbocycles. The van der Waals surface area contributed by atoms with E-state index in [4.69, 9.17) is 4.74 Å². The van der Waals surface area contributed by atoms with E-state index in [9.17, 15) is 9.59 Å². The molecule has 0 heterocycles. The van der Waals surface area contributed by atoms with Gasteiger partial charge < -0.3 is 15.0 Å². The van der Waals surface area contributed by atoms with Gasteiger partial charge in [-0.1, -0.05) is 26.0 Å². The summed E-state index contributed by atoms with van der Waals surface area (Å²) in [5.74, 6) is 0.875. The number of amides is 2. The Kier molecular flexibility index (Phi) is 7.61. The molecule has 5 heteroatoms.